The van der Waals surface area contributed by atoms with Crippen LogP contribution in [-0.2, 0) is 6.54 Å². The summed E-state index contributed by atoms with van der Waals surface area (Å²) in [5.41, 5.74) is 1.46. The number of H-pyrrole nitrogens is 1. The van der Waals surface area contributed by atoms with Crippen molar-refractivity contribution in [3.05, 3.63) is 87.0 Å². The average Bonchev–Trinajstić information content (AvgIpc) is 3.11. The number of aromatic amines is 1. The van der Waals surface area contributed by atoms with Crippen LogP contribution < -0.4 is 10.9 Å². The molecule has 8 heteroatoms. The Bertz CT molecular complexity index is 1180. The number of aromatic nitrogens is 4. The quantitative estimate of drug-likeness (QED) is 0.527. The number of rotatable bonds is 4. The van der Waals surface area contributed by atoms with Gasteiger partial charge in [0.1, 0.15) is 11.2 Å². The zero-order chi connectivity index (χ0) is 18.8. The molecular formula is C19H14BrN5O2. The second-order valence-corrected chi connectivity index (χ2v) is 6.75. The van der Waals surface area contributed by atoms with E-state index in [1.54, 1.807) is 22.9 Å². The molecule has 0 aliphatic carbocycles. The number of halogens is 1. The van der Waals surface area contributed by atoms with Crippen molar-refractivity contribution in [1.29, 1.82) is 0 Å². The van der Waals surface area contributed by atoms with E-state index in [-0.39, 0.29) is 18.0 Å². The van der Waals surface area contributed by atoms with E-state index in [1.807, 2.05) is 36.4 Å². The van der Waals surface area contributed by atoms with Crippen molar-refractivity contribution >= 4 is 32.9 Å². The summed E-state index contributed by atoms with van der Waals surface area (Å²) in [5, 5.41) is 7.42. The molecule has 2 N–H and O–H groups in total. The third-order valence-electron chi connectivity index (χ3n) is 3.99. The molecule has 134 valence electrons. The van der Waals surface area contributed by atoms with Crippen LogP contribution in [0.5, 0.6) is 0 Å². The van der Waals surface area contributed by atoms with Gasteiger partial charge in [0, 0.05) is 10.0 Å². The number of amides is 1. The van der Waals surface area contributed by atoms with Gasteiger partial charge in [-0.3, -0.25) is 9.59 Å². The zero-order valence-corrected chi connectivity index (χ0v) is 15.6. The fraction of sp³-hybridized carbons (Fsp3) is 0.0526. The van der Waals surface area contributed by atoms with E-state index in [1.165, 1.54) is 6.20 Å². The lowest BCUT2D eigenvalue weighted by Gasteiger charge is -2.07. The van der Waals surface area contributed by atoms with E-state index in [9.17, 15) is 9.59 Å². The van der Waals surface area contributed by atoms with Gasteiger partial charge in [0.2, 0.25) is 0 Å². The predicted molar refractivity (Wildman–Crippen MR) is 105 cm³/mol. The van der Waals surface area contributed by atoms with Crippen LogP contribution in [0.1, 0.15) is 16.2 Å². The standard InChI is InChI=1S/C19H14BrN5O2/c20-13-6-4-5-12(9-13)18(26)21-11-16-23-17-15(19(27)24-16)10-22-25(17)14-7-2-1-3-8-14/h1-10H,11H2,(H,21,26)(H,23,24,27). The minimum atomic E-state index is -0.297. The van der Waals surface area contributed by atoms with Gasteiger partial charge in [-0.15, -0.1) is 0 Å². The highest BCUT2D eigenvalue weighted by Crippen LogP contribution is 2.14. The Morgan fingerprint density at radius 2 is 1.96 bits per heavy atom. The molecular weight excluding hydrogens is 410 g/mol. The van der Waals surface area contributed by atoms with Crippen molar-refractivity contribution < 1.29 is 4.79 Å². The first-order valence-corrected chi connectivity index (χ1v) is 8.97. The zero-order valence-electron chi connectivity index (χ0n) is 14.0. The van der Waals surface area contributed by atoms with E-state index in [0.717, 1.165) is 10.2 Å². The highest BCUT2D eigenvalue weighted by Gasteiger charge is 2.12. The van der Waals surface area contributed by atoms with Gasteiger partial charge in [-0.05, 0) is 30.3 Å². The molecule has 0 bridgehead atoms. The highest BCUT2D eigenvalue weighted by molar-refractivity contribution is 9.10. The van der Waals surface area contributed by atoms with E-state index in [2.05, 4.69) is 36.3 Å². The molecule has 4 rings (SSSR count). The third-order valence-corrected chi connectivity index (χ3v) is 4.48. The second-order valence-electron chi connectivity index (χ2n) is 5.83. The van der Waals surface area contributed by atoms with Crippen LogP contribution in [0.3, 0.4) is 0 Å². The Morgan fingerprint density at radius 1 is 1.15 bits per heavy atom. The van der Waals surface area contributed by atoms with Gasteiger partial charge in [-0.2, -0.15) is 5.10 Å². The number of fused-ring (bicyclic) bond motifs is 1. The molecule has 4 aromatic rings. The van der Waals surface area contributed by atoms with Gasteiger partial charge in [-0.25, -0.2) is 9.67 Å². The maximum absolute atomic E-state index is 12.3. The van der Waals surface area contributed by atoms with Crippen molar-refractivity contribution in [2.45, 2.75) is 6.54 Å². The van der Waals surface area contributed by atoms with Crippen LogP contribution in [0.2, 0.25) is 0 Å². The average molecular weight is 424 g/mol. The topological polar surface area (TPSA) is 92.7 Å². The summed E-state index contributed by atoms with van der Waals surface area (Å²) < 4.78 is 2.42. The van der Waals surface area contributed by atoms with Crippen molar-refractivity contribution in [1.82, 2.24) is 25.1 Å². The Morgan fingerprint density at radius 3 is 2.74 bits per heavy atom. The third kappa shape index (κ3) is 3.52. The lowest BCUT2D eigenvalue weighted by molar-refractivity contribution is 0.0950. The molecule has 0 atom stereocenters. The van der Waals surface area contributed by atoms with Crippen LogP contribution in [0.4, 0.5) is 0 Å². The van der Waals surface area contributed by atoms with Crippen molar-refractivity contribution in [3.8, 4) is 5.69 Å². The van der Waals surface area contributed by atoms with Crippen LogP contribution in [0.25, 0.3) is 16.7 Å². The summed E-state index contributed by atoms with van der Waals surface area (Å²) in [4.78, 5) is 31.8. The van der Waals surface area contributed by atoms with Gasteiger partial charge in [0.25, 0.3) is 11.5 Å². The number of carbonyl (C=O) groups excluding carboxylic acids is 1. The molecule has 0 saturated heterocycles. The molecule has 2 aromatic heterocycles. The molecule has 2 aromatic carbocycles. The van der Waals surface area contributed by atoms with Gasteiger partial charge in [0.15, 0.2) is 5.65 Å². The van der Waals surface area contributed by atoms with Crippen molar-refractivity contribution in [2.75, 3.05) is 0 Å². The summed E-state index contributed by atoms with van der Waals surface area (Å²) in [7, 11) is 0. The molecule has 0 aliphatic rings. The molecule has 1 amide bonds. The smallest absolute Gasteiger partial charge is 0.262 e. The molecule has 7 nitrogen and oxygen atoms in total. The SMILES string of the molecule is O=C(NCc1nc2c(cnn2-c2ccccc2)c(=O)[nH]1)c1cccc(Br)c1. The lowest BCUT2D eigenvalue weighted by atomic mass is 10.2. The van der Waals surface area contributed by atoms with Crippen LogP contribution in [0, 0.1) is 0 Å². The monoisotopic (exact) mass is 423 g/mol. The minimum Gasteiger partial charge on any atom is -0.345 e. The fourth-order valence-electron chi connectivity index (χ4n) is 2.70. The molecule has 0 aliphatic heterocycles. The minimum absolute atomic E-state index is 0.0937. The number of para-hydroxylation sites is 1. The first kappa shape index (κ1) is 17.2. The van der Waals surface area contributed by atoms with E-state index in [0.29, 0.717) is 22.4 Å². The van der Waals surface area contributed by atoms with Gasteiger partial charge >= 0.3 is 0 Å². The first-order valence-electron chi connectivity index (χ1n) is 8.18. The number of hydrogen-bond donors (Lipinski definition) is 2. The Hall–Kier alpha value is -3.26. The van der Waals surface area contributed by atoms with E-state index < -0.39 is 0 Å². The summed E-state index contributed by atoms with van der Waals surface area (Å²) in [6.45, 7) is 0.0937. The van der Waals surface area contributed by atoms with Crippen molar-refractivity contribution in [2.24, 2.45) is 0 Å². The number of hydrogen-bond acceptors (Lipinski definition) is 4. The molecule has 2 heterocycles. The van der Waals surface area contributed by atoms with E-state index in [4.69, 9.17) is 0 Å². The molecule has 0 spiro atoms. The van der Waals surface area contributed by atoms with Crippen LogP contribution in [0.15, 0.2) is 70.1 Å². The van der Waals surface area contributed by atoms with Crippen LogP contribution in [-0.4, -0.2) is 25.7 Å². The maximum Gasteiger partial charge on any atom is 0.262 e. The van der Waals surface area contributed by atoms with Crippen LogP contribution >= 0.6 is 15.9 Å². The number of benzene rings is 2. The largest absolute Gasteiger partial charge is 0.345 e. The molecule has 0 unspecified atom stereocenters. The normalized spacial score (nSPS) is 10.9. The number of carbonyl (C=O) groups is 1. The molecule has 0 fully saturated rings. The molecule has 0 saturated carbocycles. The summed E-state index contributed by atoms with van der Waals surface area (Å²) in [5.74, 6) is 0.101. The number of nitrogens with one attached hydrogen (secondary N) is 2. The summed E-state index contributed by atoms with van der Waals surface area (Å²) >= 11 is 3.34. The highest BCUT2D eigenvalue weighted by atomic mass is 79.9. The van der Waals surface area contributed by atoms with E-state index >= 15 is 0 Å². The second kappa shape index (κ2) is 7.16. The fourth-order valence-corrected chi connectivity index (χ4v) is 3.10. The van der Waals surface area contributed by atoms with Gasteiger partial charge in [-0.1, -0.05) is 40.2 Å². The molecule has 0 radical (unpaired) electrons. The predicted octanol–water partition coefficient (Wildman–Crippen LogP) is 2.80. The lowest BCUT2D eigenvalue weighted by Crippen LogP contribution is -2.25. The van der Waals surface area contributed by atoms with Crippen molar-refractivity contribution in [3.63, 3.8) is 0 Å². The van der Waals surface area contributed by atoms with Gasteiger partial charge in [0.05, 0.1) is 18.4 Å². The van der Waals surface area contributed by atoms with Gasteiger partial charge < -0.3 is 10.3 Å². The Labute approximate surface area is 162 Å². The Balaban J connectivity index is 1.63. The molecule has 27 heavy (non-hydrogen) atoms. The maximum atomic E-state index is 12.3. The summed E-state index contributed by atoms with van der Waals surface area (Å²) in [6, 6.07) is 16.5. The summed E-state index contributed by atoms with van der Waals surface area (Å²) in [6.07, 6.45) is 1.48. The number of nitrogens with zero attached hydrogens (tertiary/aromatic N) is 3. The first-order chi connectivity index (χ1) is 13.1. The Kier molecular flexibility index (Phi) is 4.55.